The normalized spacial score (nSPS) is 14.8. The molecule has 1 heterocycles. The molecule has 0 aromatic carbocycles. The summed E-state index contributed by atoms with van der Waals surface area (Å²) >= 11 is 0. The van der Waals surface area contributed by atoms with Gasteiger partial charge in [0.05, 0.1) is 11.9 Å². The Balaban J connectivity index is 2.02. The van der Waals surface area contributed by atoms with Gasteiger partial charge in [0.15, 0.2) is 0 Å². The average Bonchev–Trinajstić information content (AvgIpc) is 3.20. The molecule has 1 saturated carbocycles. The maximum absolute atomic E-state index is 4.71. The van der Waals surface area contributed by atoms with E-state index in [0.29, 0.717) is 0 Å². The van der Waals surface area contributed by atoms with Gasteiger partial charge in [0.1, 0.15) is 5.82 Å². The fourth-order valence-corrected chi connectivity index (χ4v) is 2.07. The summed E-state index contributed by atoms with van der Waals surface area (Å²) in [5.74, 6) is 1.93. The van der Waals surface area contributed by atoms with Gasteiger partial charge in [-0.05, 0) is 31.7 Å². The maximum atomic E-state index is 4.71. The van der Waals surface area contributed by atoms with Gasteiger partial charge in [-0.3, -0.25) is 4.98 Å². The molecule has 2 rings (SSSR count). The smallest absolute Gasteiger partial charge is 0.147 e. The Labute approximate surface area is 110 Å². The van der Waals surface area contributed by atoms with Gasteiger partial charge < -0.3 is 10.2 Å². The van der Waals surface area contributed by atoms with E-state index in [1.165, 1.54) is 12.8 Å². The molecular formula is C14H24N4. The lowest BCUT2D eigenvalue weighted by Crippen LogP contribution is -2.28. The third-order valence-corrected chi connectivity index (χ3v) is 3.22. The van der Waals surface area contributed by atoms with E-state index in [2.05, 4.69) is 29.0 Å². The fourth-order valence-electron chi connectivity index (χ4n) is 2.07. The van der Waals surface area contributed by atoms with Gasteiger partial charge in [0, 0.05) is 25.8 Å². The minimum atomic E-state index is 0.806. The third kappa shape index (κ3) is 3.95. The molecule has 0 bridgehead atoms. The minimum absolute atomic E-state index is 0.806. The molecule has 0 aliphatic heterocycles. The van der Waals surface area contributed by atoms with Crippen molar-refractivity contribution in [2.45, 2.75) is 39.7 Å². The summed E-state index contributed by atoms with van der Waals surface area (Å²) in [5.41, 5.74) is 1.03. The molecule has 1 fully saturated rings. The van der Waals surface area contributed by atoms with Crippen molar-refractivity contribution in [1.29, 1.82) is 0 Å². The fraction of sp³-hybridized carbons (Fsp3) is 0.714. The highest BCUT2D eigenvalue weighted by atomic mass is 15.2. The first kappa shape index (κ1) is 13.3. The van der Waals surface area contributed by atoms with Gasteiger partial charge in [-0.15, -0.1) is 0 Å². The largest absolute Gasteiger partial charge is 0.355 e. The van der Waals surface area contributed by atoms with Gasteiger partial charge in [-0.25, -0.2) is 4.98 Å². The van der Waals surface area contributed by atoms with Crippen molar-refractivity contribution in [2.24, 2.45) is 5.92 Å². The Morgan fingerprint density at radius 1 is 1.33 bits per heavy atom. The Morgan fingerprint density at radius 3 is 2.83 bits per heavy atom. The summed E-state index contributed by atoms with van der Waals surface area (Å²) in [6.07, 6.45) is 7.67. The van der Waals surface area contributed by atoms with Gasteiger partial charge >= 0.3 is 0 Å². The number of nitrogens with zero attached hydrogens (tertiary/aromatic N) is 3. The van der Waals surface area contributed by atoms with E-state index in [1.54, 1.807) is 0 Å². The topological polar surface area (TPSA) is 41.1 Å². The van der Waals surface area contributed by atoms with Crippen LogP contribution in [0.1, 0.15) is 38.8 Å². The average molecular weight is 248 g/mol. The monoisotopic (exact) mass is 248 g/mol. The van der Waals surface area contributed by atoms with Crippen molar-refractivity contribution in [1.82, 2.24) is 15.3 Å². The zero-order valence-electron chi connectivity index (χ0n) is 11.5. The van der Waals surface area contributed by atoms with E-state index >= 15 is 0 Å². The van der Waals surface area contributed by atoms with Crippen molar-refractivity contribution in [2.75, 3.05) is 24.5 Å². The quantitative estimate of drug-likeness (QED) is 0.766. The summed E-state index contributed by atoms with van der Waals surface area (Å²) < 4.78 is 0. The molecule has 0 atom stereocenters. The molecule has 0 saturated heterocycles. The molecule has 0 amide bonds. The molecular weight excluding hydrogens is 224 g/mol. The van der Waals surface area contributed by atoms with Crippen LogP contribution in [0.25, 0.3) is 0 Å². The van der Waals surface area contributed by atoms with Crippen molar-refractivity contribution < 1.29 is 0 Å². The number of nitrogens with one attached hydrogen (secondary N) is 1. The summed E-state index contributed by atoms with van der Waals surface area (Å²) in [5, 5.41) is 3.29. The zero-order chi connectivity index (χ0) is 12.8. The molecule has 0 radical (unpaired) electrons. The number of hydrogen-bond acceptors (Lipinski definition) is 4. The van der Waals surface area contributed by atoms with Crippen molar-refractivity contribution in [3.05, 3.63) is 18.1 Å². The van der Waals surface area contributed by atoms with Crippen LogP contribution in [0.3, 0.4) is 0 Å². The zero-order valence-corrected chi connectivity index (χ0v) is 11.5. The molecule has 1 N–H and O–H groups in total. The molecule has 100 valence electrons. The SMILES string of the molecule is CCCN(CC1CC1)c1cncc(CNCC)n1. The van der Waals surface area contributed by atoms with E-state index in [0.717, 1.165) is 50.0 Å². The number of rotatable bonds is 8. The lowest BCUT2D eigenvalue weighted by Gasteiger charge is -2.23. The second-order valence-electron chi connectivity index (χ2n) is 5.04. The summed E-state index contributed by atoms with van der Waals surface area (Å²) in [6, 6.07) is 0. The highest BCUT2D eigenvalue weighted by Crippen LogP contribution is 2.30. The molecule has 1 aliphatic rings. The van der Waals surface area contributed by atoms with Gasteiger partial charge in [0.25, 0.3) is 0 Å². The van der Waals surface area contributed by atoms with Gasteiger partial charge in [0.2, 0.25) is 0 Å². The van der Waals surface area contributed by atoms with Crippen LogP contribution < -0.4 is 10.2 Å². The maximum Gasteiger partial charge on any atom is 0.147 e. The summed E-state index contributed by atoms with van der Waals surface area (Å²) in [4.78, 5) is 11.4. The minimum Gasteiger partial charge on any atom is -0.355 e. The lowest BCUT2D eigenvalue weighted by atomic mass is 10.3. The van der Waals surface area contributed by atoms with Crippen LogP contribution in [0.5, 0.6) is 0 Å². The predicted molar refractivity (Wildman–Crippen MR) is 74.6 cm³/mol. The predicted octanol–water partition coefficient (Wildman–Crippen LogP) is 2.21. The molecule has 1 aromatic rings. The molecule has 1 aromatic heterocycles. The van der Waals surface area contributed by atoms with E-state index in [-0.39, 0.29) is 0 Å². The highest BCUT2D eigenvalue weighted by Gasteiger charge is 2.24. The third-order valence-electron chi connectivity index (χ3n) is 3.22. The van der Waals surface area contributed by atoms with Gasteiger partial charge in [-0.2, -0.15) is 0 Å². The van der Waals surface area contributed by atoms with Crippen molar-refractivity contribution >= 4 is 5.82 Å². The van der Waals surface area contributed by atoms with E-state index < -0.39 is 0 Å². The van der Waals surface area contributed by atoms with Crippen LogP contribution >= 0.6 is 0 Å². The second-order valence-corrected chi connectivity index (χ2v) is 5.04. The van der Waals surface area contributed by atoms with Crippen LogP contribution in [0.15, 0.2) is 12.4 Å². The Hall–Kier alpha value is -1.16. The molecule has 0 spiro atoms. The molecule has 18 heavy (non-hydrogen) atoms. The number of hydrogen-bond donors (Lipinski definition) is 1. The Bertz CT molecular complexity index is 363. The van der Waals surface area contributed by atoms with E-state index in [1.807, 2.05) is 12.4 Å². The molecule has 0 unspecified atom stereocenters. The van der Waals surface area contributed by atoms with Crippen LogP contribution in [-0.4, -0.2) is 29.6 Å². The van der Waals surface area contributed by atoms with E-state index in [4.69, 9.17) is 4.98 Å². The van der Waals surface area contributed by atoms with Crippen molar-refractivity contribution in [3.8, 4) is 0 Å². The van der Waals surface area contributed by atoms with Crippen LogP contribution in [0.4, 0.5) is 5.82 Å². The standard InChI is InChI=1S/C14H24N4/c1-3-7-18(11-12-5-6-12)14-10-16-9-13(17-14)8-15-4-2/h9-10,12,15H,3-8,11H2,1-2H3. The first-order chi connectivity index (χ1) is 8.83. The number of aromatic nitrogens is 2. The van der Waals surface area contributed by atoms with Crippen LogP contribution in [0.2, 0.25) is 0 Å². The Kier molecular flexibility index (Phi) is 4.93. The Morgan fingerprint density at radius 2 is 2.17 bits per heavy atom. The van der Waals surface area contributed by atoms with E-state index in [9.17, 15) is 0 Å². The molecule has 4 heteroatoms. The number of anilines is 1. The second kappa shape index (κ2) is 6.69. The lowest BCUT2D eigenvalue weighted by molar-refractivity contribution is 0.679. The van der Waals surface area contributed by atoms with Crippen molar-refractivity contribution in [3.63, 3.8) is 0 Å². The first-order valence-electron chi connectivity index (χ1n) is 7.10. The molecule has 1 aliphatic carbocycles. The van der Waals surface area contributed by atoms with Gasteiger partial charge in [-0.1, -0.05) is 13.8 Å². The highest BCUT2D eigenvalue weighted by molar-refractivity contribution is 5.36. The van der Waals surface area contributed by atoms with Crippen LogP contribution in [-0.2, 0) is 6.54 Å². The summed E-state index contributed by atoms with van der Waals surface area (Å²) in [6.45, 7) is 8.32. The van der Waals surface area contributed by atoms with Crippen LogP contribution in [0, 0.1) is 5.92 Å². The first-order valence-corrected chi connectivity index (χ1v) is 7.10. The molecule has 4 nitrogen and oxygen atoms in total. The summed E-state index contributed by atoms with van der Waals surface area (Å²) in [7, 11) is 0.